The zero-order valence-corrected chi connectivity index (χ0v) is 10.1. The molecule has 1 fully saturated rings. The van der Waals surface area contributed by atoms with Crippen molar-refractivity contribution in [3.63, 3.8) is 0 Å². The first-order valence-corrected chi connectivity index (χ1v) is 5.92. The minimum Gasteiger partial charge on any atom is -0.395 e. The van der Waals surface area contributed by atoms with Gasteiger partial charge < -0.3 is 10.0 Å². The number of likely N-dealkylation sites (N-methyl/N-ethyl adjacent to an activating group) is 1. The molecular formula is C12H23NO2. The molecule has 0 aromatic heterocycles. The summed E-state index contributed by atoms with van der Waals surface area (Å²) in [6, 6.07) is 0. The fourth-order valence-corrected chi connectivity index (χ4v) is 2.55. The van der Waals surface area contributed by atoms with Crippen molar-refractivity contribution in [1.29, 1.82) is 0 Å². The maximum absolute atomic E-state index is 12.2. The van der Waals surface area contributed by atoms with E-state index < -0.39 is 0 Å². The lowest BCUT2D eigenvalue weighted by Crippen LogP contribution is -2.41. The van der Waals surface area contributed by atoms with Gasteiger partial charge in [0, 0.05) is 19.0 Å². The Balaban J connectivity index is 2.66. The standard InChI is InChI=1S/C12H23NO2/c1-4-13(8-9-14)11(15)10-6-5-7-12(10,2)3/h10,14H,4-9H2,1-3H3. The number of hydrogen-bond acceptors (Lipinski definition) is 2. The van der Waals surface area contributed by atoms with Gasteiger partial charge in [0.15, 0.2) is 0 Å². The van der Waals surface area contributed by atoms with Crippen LogP contribution in [0.25, 0.3) is 0 Å². The van der Waals surface area contributed by atoms with Crippen molar-refractivity contribution in [2.45, 2.75) is 40.0 Å². The molecule has 1 saturated carbocycles. The lowest BCUT2D eigenvalue weighted by atomic mass is 9.81. The summed E-state index contributed by atoms with van der Waals surface area (Å²) in [6.07, 6.45) is 3.30. The average Bonchev–Trinajstić information content (AvgIpc) is 2.53. The van der Waals surface area contributed by atoms with E-state index in [1.165, 1.54) is 0 Å². The Morgan fingerprint density at radius 3 is 2.60 bits per heavy atom. The molecule has 3 nitrogen and oxygen atoms in total. The summed E-state index contributed by atoms with van der Waals surface area (Å²) < 4.78 is 0. The first-order valence-electron chi connectivity index (χ1n) is 5.92. The Morgan fingerprint density at radius 2 is 2.20 bits per heavy atom. The van der Waals surface area contributed by atoms with Crippen molar-refractivity contribution in [3.05, 3.63) is 0 Å². The molecule has 88 valence electrons. The molecule has 15 heavy (non-hydrogen) atoms. The molecule has 1 unspecified atom stereocenters. The summed E-state index contributed by atoms with van der Waals surface area (Å²) in [5.74, 6) is 0.387. The lowest BCUT2D eigenvalue weighted by molar-refractivity contribution is -0.138. The first kappa shape index (κ1) is 12.5. The van der Waals surface area contributed by atoms with Crippen LogP contribution < -0.4 is 0 Å². The summed E-state index contributed by atoms with van der Waals surface area (Å²) in [5.41, 5.74) is 0.139. The maximum atomic E-state index is 12.2. The molecule has 1 N–H and O–H groups in total. The Bertz CT molecular complexity index is 226. The third kappa shape index (κ3) is 2.71. The predicted octanol–water partition coefficient (Wildman–Crippen LogP) is 1.65. The number of carbonyl (C=O) groups excluding carboxylic acids is 1. The van der Waals surface area contributed by atoms with E-state index in [1.54, 1.807) is 4.90 Å². The quantitative estimate of drug-likeness (QED) is 0.771. The smallest absolute Gasteiger partial charge is 0.226 e. The van der Waals surface area contributed by atoms with E-state index in [4.69, 9.17) is 5.11 Å². The molecular weight excluding hydrogens is 190 g/mol. The molecule has 1 atom stereocenters. The van der Waals surface area contributed by atoms with Gasteiger partial charge in [0.05, 0.1) is 6.61 Å². The molecule has 0 aliphatic heterocycles. The van der Waals surface area contributed by atoms with Crippen LogP contribution in [0.15, 0.2) is 0 Å². The van der Waals surface area contributed by atoms with Gasteiger partial charge in [-0.3, -0.25) is 4.79 Å². The molecule has 0 aromatic carbocycles. The number of aliphatic hydroxyl groups excluding tert-OH is 1. The van der Waals surface area contributed by atoms with Crippen LogP contribution in [0, 0.1) is 11.3 Å². The van der Waals surface area contributed by atoms with E-state index in [9.17, 15) is 4.79 Å². The van der Waals surface area contributed by atoms with Crippen molar-refractivity contribution < 1.29 is 9.90 Å². The second kappa shape index (κ2) is 4.97. The van der Waals surface area contributed by atoms with Gasteiger partial charge in [0.25, 0.3) is 0 Å². The second-order valence-electron chi connectivity index (χ2n) is 5.07. The molecule has 0 radical (unpaired) electrons. The van der Waals surface area contributed by atoms with Crippen LogP contribution in [0.2, 0.25) is 0 Å². The van der Waals surface area contributed by atoms with Gasteiger partial charge in [0.1, 0.15) is 0 Å². The Labute approximate surface area is 92.5 Å². The molecule has 0 spiro atoms. The van der Waals surface area contributed by atoms with Crippen molar-refractivity contribution in [3.8, 4) is 0 Å². The molecule has 1 rings (SSSR count). The Hall–Kier alpha value is -0.570. The van der Waals surface area contributed by atoms with E-state index in [1.807, 2.05) is 6.92 Å². The van der Waals surface area contributed by atoms with Crippen molar-refractivity contribution in [1.82, 2.24) is 4.90 Å². The van der Waals surface area contributed by atoms with E-state index in [-0.39, 0.29) is 23.8 Å². The fraction of sp³-hybridized carbons (Fsp3) is 0.917. The molecule has 0 bridgehead atoms. The highest BCUT2D eigenvalue weighted by Crippen LogP contribution is 2.43. The second-order valence-corrected chi connectivity index (χ2v) is 5.07. The Morgan fingerprint density at radius 1 is 1.53 bits per heavy atom. The first-order chi connectivity index (χ1) is 7.03. The van der Waals surface area contributed by atoms with Gasteiger partial charge in [-0.2, -0.15) is 0 Å². The number of nitrogens with zero attached hydrogens (tertiary/aromatic N) is 1. The topological polar surface area (TPSA) is 40.5 Å². The zero-order valence-electron chi connectivity index (χ0n) is 10.1. The minimum atomic E-state index is 0.0622. The molecule has 0 aromatic rings. The minimum absolute atomic E-state index is 0.0622. The number of hydrogen-bond donors (Lipinski definition) is 1. The SMILES string of the molecule is CCN(CCO)C(=O)C1CCCC1(C)C. The van der Waals surface area contributed by atoms with Gasteiger partial charge in [-0.05, 0) is 25.2 Å². The normalized spacial score (nSPS) is 24.1. The van der Waals surface area contributed by atoms with Gasteiger partial charge in [-0.15, -0.1) is 0 Å². The Kier molecular flexibility index (Phi) is 4.14. The molecule has 0 heterocycles. The summed E-state index contributed by atoms with van der Waals surface area (Å²) >= 11 is 0. The van der Waals surface area contributed by atoms with Crippen LogP contribution in [-0.4, -0.2) is 35.6 Å². The van der Waals surface area contributed by atoms with Crippen LogP contribution >= 0.6 is 0 Å². The highest BCUT2D eigenvalue weighted by Gasteiger charge is 2.40. The average molecular weight is 213 g/mol. The molecule has 0 saturated heterocycles. The zero-order chi connectivity index (χ0) is 11.5. The summed E-state index contributed by atoms with van der Waals surface area (Å²) in [6.45, 7) is 7.56. The van der Waals surface area contributed by atoms with Gasteiger partial charge in [-0.25, -0.2) is 0 Å². The van der Waals surface area contributed by atoms with Crippen LogP contribution in [0.1, 0.15) is 40.0 Å². The highest BCUT2D eigenvalue weighted by molar-refractivity contribution is 5.80. The van der Waals surface area contributed by atoms with Crippen LogP contribution in [0.3, 0.4) is 0 Å². The van der Waals surface area contributed by atoms with Crippen LogP contribution in [0.4, 0.5) is 0 Å². The van der Waals surface area contributed by atoms with Gasteiger partial charge >= 0.3 is 0 Å². The van der Waals surface area contributed by atoms with Gasteiger partial charge in [0.2, 0.25) is 5.91 Å². The summed E-state index contributed by atoms with van der Waals surface area (Å²) in [7, 11) is 0. The molecule has 3 heteroatoms. The third-order valence-corrected chi connectivity index (χ3v) is 3.62. The number of amides is 1. The maximum Gasteiger partial charge on any atom is 0.226 e. The van der Waals surface area contributed by atoms with E-state index in [0.29, 0.717) is 13.1 Å². The highest BCUT2D eigenvalue weighted by atomic mass is 16.3. The van der Waals surface area contributed by atoms with Crippen molar-refractivity contribution in [2.24, 2.45) is 11.3 Å². The third-order valence-electron chi connectivity index (χ3n) is 3.62. The number of rotatable bonds is 4. The lowest BCUT2D eigenvalue weighted by Gasteiger charge is -2.31. The molecule has 1 aliphatic rings. The van der Waals surface area contributed by atoms with Crippen LogP contribution in [-0.2, 0) is 4.79 Å². The monoisotopic (exact) mass is 213 g/mol. The van der Waals surface area contributed by atoms with Crippen LogP contribution in [0.5, 0.6) is 0 Å². The van der Waals surface area contributed by atoms with Gasteiger partial charge in [-0.1, -0.05) is 20.3 Å². The fourth-order valence-electron chi connectivity index (χ4n) is 2.55. The van der Waals surface area contributed by atoms with E-state index in [2.05, 4.69) is 13.8 Å². The summed E-state index contributed by atoms with van der Waals surface area (Å²) in [4.78, 5) is 14.0. The number of carbonyl (C=O) groups is 1. The number of aliphatic hydroxyl groups is 1. The molecule has 1 aliphatic carbocycles. The van der Waals surface area contributed by atoms with Crippen molar-refractivity contribution >= 4 is 5.91 Å². The predicted molar refractivity (Wildman–Crippen MR) is 60.5 cm³/mol. The largest absolute Gasteiger partial charge is 0.395 e. The van der Waals surface area contributed by atoms with E-state index >= 15 is 0 Å². The van der Waals surface area contributed by atoms with E-state index in [0.717, 1.165) is 19.3 Å². The molecule has 1 amide bonds. The van der Waals surface area contributed by atoms with Crippen molar-refractivity contribution in [2.75, 3.05) is 19.7 Å². The summed E-state index contributed by atoms with van der Waals surface area (Å²) in [5, 5.41) is 8.90.